The van der Waals surface area contributed by atoms with Crippen LogP contribution in [0.25, 0.3) is 10.9 Å². The Bertz CT molecular complexity index is 947. The number of rotatable bonds is 2. The number of aryl methyl sites for hydroxylation is 3. The van der Waals surface area contributed by atoms with Gasteiger partial charge in [0.05, 0.1) is 0 Å². The first-order valence-electron chi connectivity index (χ1n) is 9.04. The van der Waals surface area contributed by atoms with Crippen molar-refractivity contribution in [3.63, 3.8) is 0 Å². The molecule has 1 atom stereocenters. The largest absolute Gasteiger partial charge is 0.358 e. The van der Waals surface area contributed by atoms with Gasteiger partial charge in [0.25, 0.3) is 5.91 Å². The molecule has 0 bridgehead atoms. The number of aromatic nitrogens is 1. The number of para-hydroxylation sites is 1. The van der Waals surface area contributed by atoms with Crippen molar-refractivity contribution in [3.8, 4) is 0 Å². The van der Waals surface area contributed by atoms with Crippen LogP contribution >= 0.6 is 0 Å². The first kappa shape index (κ1) is 15.9. The highest BCUT2D eigenvalue weighted by Crippen LogP contribution is 2.32. The van der Waals surface area contributed by atoms with Gasteiger partial charge in [0.2, 0.25) is 0 Å². The summed E-state index contributed by atoms with van der Waals surface area (Å²) in [6, 6.07) is 12.1. The van der Waals surface area contributed by atoms with E-state index in [4.69, 9.17) is 0 Å². The van der Waals surface area contributed by atoms with E-state index in [1.807, 2.05) is 50.2 Å². The molecule has 0 aliphatic heterocycles. The van der Waals surface area contributed by atoms with Crippen molar-refractivity contribution in [2.75, 3.05) is 5.32 Å². The van der Waals surface area contributed by atoms with E-state index in [0.717, 1.165) is 40.7 Å². The molecule has 1 aromatic heterocycles. The predicted octanol–water partition coefficient (Wildman–Crippen LogP) is 5.16. The summed E-state index contributed by atoms with van der Waals surface area (Å²) < 4.78 is 0. The third-order valence-corrected chi connectivity index (χ3v) is 5.42. The number of hydrogen-bond acceptors (Lipinski definition) is 1. The average molecular weight is 332 g/mol. The number of H-pyrrole nitrogens is 1. The van der Waals surface area contributed by atoms with Crippen molar-refractivity contribution in [3.05, 3.63) is 64.3 Å². The zero-order valence-electron chi connectivity index (χ0n) is 15.1. The molecule has 2 aromatic carbocycles. The van der Waals surface area contributed by atoms with E-state index in [2.05, 4.69) is 17.2 Å². The van der Waals surface area contributed by atoms with Crippen molar-refractivity contribution in [1.82, 2.24) is 4.98 Å². The molecule has 0 radical (unpaired) electrons. The minimum atomic E-state index is -0.0434. The van der Waals surface area contributed by atoms with Gasteiger partial charge in [0, 0.05) is 27.8 Å². The minimum Gasteiger partial charge on any atom is -0.358 e. The maximum absolute atomic E-state index is 12.8. The number of carbonyl (C=O) groups excluding carboxylic acids is 1. The quantitative estimate of drug-likeness (QED) is 0.669. The Morgan fingerprint density at radius 2 is 1.92 bits per heavy atom. The molecule has 2 N–H and O–H groups in total. The number of fused-ring (bicyclic) bond motifs is 3. The van der Waals surface area contributed by atoms with Crippen LogP contribution in [0.1, 0.15) is 46.1 Å². The lowest BCUT2D eigenvalue weighted by Crippen LogP contribution is -2.14. The molecular formula is C22H24N2O. The summed E-state index contributed by atoms with van der Waals surface area (Å²) >= 11 is 0. The molecule has 1 aliphatic carbocycles. The molecule has 0 spiro atoms. The fourth-order valence-electron chi connectivity index (χ4n) is 3.93. The molecule has 3 nitrogen and oxygen atoms in total. The van der Waals surface area contributed by atoms with E-state index in [9.17, 15) is 4.79 Å². The summed E-state index contributed by atoms with van der Waals surface area (Å²) in [5.41, 5.74) is 7.69. The summed E-state index contributed by atoms with van der Waals surface area (Å²) in [7, 11) is 0. The van der Waals surface area contributed by atoms with E-state index in [0.29, 0.717) is 5.92 Å². The van der Waals surface area contributed by atoms with Gasteiger partial charge in [-0.3, -0.25) is 4.79 Å². The van der Waals surface area contributed by atoms with Gasteiger partial charge in [-0.2, -0.15) is 0 Å². The molecule has 0 saturated carbocycles. The van der Waals surface area contributed by atoms with Crippen LogP contribution in [-0.2, 0) is 12.8 Å². The second-order valence-electron chi connectivity index (χ2n) is 7.41. The number of nitrogens with one attached hydrogen (secondary N) is 2. The summed E-state index contributed by atoms with van der Waals surface area (Å²) in [6.45, 7) is 6.35. The lowest BCUT2D eigenvalue weighted by atomic mass is 9.87. The highest BCUT2D eigenvalue weighted by molar-refractivity contribution is 6.07. The van der Waals surface area contributed by atoms with Crippen molar-refractivity contribution in [2.24, 2.45) is 5.92 Å². The van der Waals surface area contributed by atoms with Gasteiger partial charge in [-0.05, 0) is 73.9 Å². The van der Waals surface area contributed by atoms with Gasteiger partial charge in [-0.1, -0.05) is 25.1 Å². The van der Waals surface area contributed by atoms with Crippen LogP contribution in [0.4, 0.5) is 5.69 Å². The summed E-state index contributed by atoms with van der Waals surface area (Å²) in [5.74, 6) is 0.664. The third kappa shape index (κ3) is 2.84. The van der Waals surface area contributed by atoms with E-state index in [1.54, 1.807) is 0 Å². The fourth-order valence-corrected chi connectivity index (χ4v) is 3.93. The molecule has 0 unspecified atom stereocenters. The lowest BCUT2D eigenvalue weighted by molar-refractivity contribution is 0.102. The molecule has 128 valence electrons. The minimum absolute atomic E-state index is 0.0434. The Labute approximate surface area is 148 Å². The SMILES string of the molecule is Cc1cccc(C)c1NC(=O)c1ccc2[nH]c3c(c2c1)C[C@H](C)CC3. The van der Waals surface area contributed by atoms with E-state index < -0.39 is 0 Å². The van der Waals surface area contributed by atoms with Crippen LogP contribution in [0.5, 0.6) is 0 Å². The zero-order valence-corrected chi connectivity index (χ0v) is 15.1. The van der Waals surface area contributed by atoms with Crippen LogP contribution in [0.15, 0.2) is 36.4 Å². The molecule has 3 aromatic rings. The first-order valence-corrected chi connectivity index (χ1v) is 9.04. The van der Waals surface area contributed by atoms with Gasteiger partial charge < -0.3 is 10.3 Å². The normalized spacial score (nSPS) is 16.7. The van der Waals surface area contributed by atoms with Crippen molar-refractivity contribution in [2.45, 2.75) is 40.0 Å². The van der Waals surface area contributed by atoms with Crippen LogP contribution in [0, 0.1) is 19.8 Å². The number of aromatic amines is 1. The van der Waals surface area contributed by atoms with Gasteiger partial charge >= 0.3 is 0 Å². The van der Waals surface area contributed by atoms with Crippen LogP contribution in [-0.4, -0.2) is 10.9 Å². The molecule has 0 fully saturated rings. The second kappa shape index (κ2) is 6.07. The fraction of sp³-hybridized carbons (Fsp3) is 0.318. The molecule has 4 rings (SSSR count). The van der Waals surface area contributed by atoms with Crippen LogP contribution in [0.3, 0.4) is 0 Å². The van der Waals surface area contributed by atoms with Gasteiger partial charge in [0.15, 0.2) is 0 Å². The highest BCUT2D eigenvalue weighted by atomic mass is 16.1. The van der Waals surface area contributed by atoms with Crippen LogP contribution in [0.2, 0.25) is 0 Å². The number of carbonyl (C=O) groups is 1. The number of benzene rings is 2. The van der Waals surface area contributed by atoms with Gasteiger partial charge in [0.1, 0.15) is 0 Å². The Balaban J connectivity index is 1.69. The van der Waals surface area contributed by atoms with Crippen molar-refractivity contribution in [1.29, 1.82) is 0 Å². The van der Waals surface area contributed by atoms with Crippen molar-refractivity contribution < 1.29 is 4.79 Å². The van der Waals surface area contributed by atoms with E-state index in [1.165, 1.54) is 23.1 Å². The lowest BCUT2D eigenvalue weighted by Gasteiger charge is -2.18. The Kier molecular flexibility index (Phi) is 3.87. The molecule has 1 amide bonds. The number of amides is 1. The summed E-state index contributed by atoms with van der Waals surface area (Å²) in [4.78, 5) is 16.3. The average Bonchev–Trinajstić information content (AvgIpc) is 2.95. The second-order valence-corrected chi connectivity index (χ2v) is 7.41. The van der Waals surface area contributed by atoms with Gasteiger partial charge in [-0.15, -0.1) is 0 Å². The van der Waals surface area contributed by atoms with E-state index in [-0.39, 0.29) is 5.91 Å². The Morgan fingerprint density at radius 3 is 2.68 bits per heavy atom. The summed E-state index contributed by atoms with van der Waals surface area (Å²) in [6.07, 6.45) is 3.44. The Hall–Kier alpha value is -2.55. The third-order valence-electron chi connectivity index (χ3n) is 5.42. The summed E-state index contributed by atoms with van der Waals surface area (Å²) in [5, 5.41) is 4.30. The van der Waals surface area contributed by atoms with Crippen LogP contribution < -0.4 is 5.32 Å². The highest BCUT2D eigenvalue weighted by Gasteiger charge is 2.20. The zero-order chi connectivity index (χ0) is 17.6. The smallest absolute Gasteiger partial charge is 0.255 e. The molecule has 1 aliphatic rings. The molecule has 1 heterocycles. The first-order chi connectivity index (χ1) is 12.0. The van der Waals surface area contributed by atoms with Gasteiger partial charge in [-0.25, -0.2) is 0 Å². The standard InChI is InChI=1S/C22H24N2O/c1-13-7-9-19-17(11-13)18-12-16(8-10-20(18)23-19)22(25)24-21-14(2)5-4-6-15(21)3/h4-6,8,10,12-13,23H,7,9,11H2,1-3H3,(H,24,25)/t13-/m1/s1. The molecule has 3 heteroatoms. The number of anilines is 1. The molecular weight excluding hydrogens is 308 g/mol. The maximum Gasteiger partial charge on any atom is 0.255 e. The van der Waals surface area contributed by atoms with E-state index >= 15 is 0 Å². The molecule has 25 heavy (non-hydrogen) atoms. The van der Waals surface area contributed by atoms with Crippen molar-refractivity contribution >= 4 is 22.5 Å². The predicted molar refractivity (Wildman–Crippen MR) is 103 cm³/mol. The monoisotopic (exact) mass is 332 g/mol. The number of hydrogen-bond donors (Lipinski definition) is 2. The maximum atomic E-state index is 12.8. The molecule has 0 saturated heterocycles. The Morgan fingerprint density at radius 1 is 1.16 bits per heavy atom. The topological polar surface area (TPSA) is 44.9 Å².